The second-order valence-electron chi connectivity index (χ2n) is 6.96. The number of hydrogen-bond donors (Lipinski definition) is 2. The van der Waals surface area contributed by atoms with Gasteiger partial charge in [0.1, 0.15) is 11.1 Å². The van der Waals surface area contributed by atoms with Crippen molar-refractivity contribution in [3.05, 3.63) is 56.3 Å². The lowest BCUT2D eigenvalue weighted by Gasteiger charge is -2.09. The van der Waals surface area contributed by atoms with E-state index in [1.165, 1.54) is 11.3 Å². The zero-order chi connectivity index (χ0) is 21.1. The number of aromatic amines is 1. The summed E-state index contributed by atoms with van der Waals surface area (Å²) < 4.78 is 5.07. The van der Waals surface area contributed by atoms with E-state index in [1.54, 1.807) is 24.3 Å². The van der Waals surface area contributed by atoms with Gasteiger partial charge >= 0.3 is 5.97 Å². The quantitative estimate of drug-likeness (QED) is 0.609. The molecular weight excluding hydrogens is 404 g/mol. The highest BCUT2D eigenvalue weighted by molar-refractivity contribution is 7.16. The molecule has 8 nitrogen and oxygen atoms in total. The maximum atomic E-state index is 12.3. The van der Waals surface area contributed by atoms with E-state index in [1.807, 2.05) is 0 Å². The molecule has 9 heteroatoms. The van der Waals surface area contributed by atoms with Crippen molar-refractivity contribution in [2.24, 2.45) is 0 Å². The van der Waals surface area contributed by atoms with Crippen LogP contribution in [-0.2, 0) is 33.6 Å². The molecule has 1 amide bonds. The Bertz CT molecular complexity index is 1240. The Morgan fingerprint density at radius 2 is 2.00 bits per heavy atom. The minimum atomic E-state index is -0.638. The SMILES string of the molecule is N#Cc1c(NC(=O)COC(=O)Cc2n[nH]c(=O)c3ccccc23)sc2c1CCCC2. The molecular formula is C21H18N4O4S. The van der Waals surface area contributed by atoms with Gasteiger partial charge < -0.3 is 10.1 Å². The number of thiophene rings is 1. The molecule has 1 aromatic carbocycles. The minimum Gasteiger partial charge on any atom is -0.455 e. The lowest BCUT2D eigenvalue weighted by Crippen LogP contribution is -2.22. The molecule has 0 radical (unpaired) electrons. The summed E-state index contributed by atoms with van der Waals surface area (Å²) in [6, 6.07) is 9.00. The monoisotopic (exact) mass is 422 g/mol. The molecule has 4 rings (SSSR count). The number of aryl methyl sites for hydroxylation is 1. The van der Waals surface area contributed by atoms with E-state index < -0.39 is 18.5 Å². The fourth-order valence-corrected chi connectivity index (χ4v) is 4.83. The third kappa shape index (κ3) is 3.95. The zero-order valence-corrected chi connectivity index (χ0v) is 16.8. The number of ether oxygens (including phenoxy) is 1. The van der Waals surface area contributed by atoms with Crippen molar-refractivity contribution in [1.29, 1.82) is 5.26 Å². The molecule has 1 aliphatic carbocycles. The first-order valence-electron chi connectivity index (χ1n) is 9.53. The van der Waals surface area contributed by atoms with Crippen LogP contribution in [0, 0.1) is 11.3 Å². The number of fused-ring (bicyclic) bond motifs is 2. The Balaban J connectivity index is 1.39. The highest BCUT2D eigenvalue weighted by Crippen LogP contribution is 2.37. The zero-order valence-electron chi connectivity index (χ0n) is 16.0. The molecule has 0 bridgehead atoms. The number of aromatic nitrogens is 2. The Morgan fingerprint density at radius 1 is 1.23 bits per heavy atom. The van der Waals surface area contributed by atoms with Crippen molar-refractivity contribution in [3.8, 4) is 6.07 Å². The molecule has 0 aliphatic heterocycles. The molecule has 152 valence electrons. The average molecular weight is 422 g/mol. The lowest BCUT2D eigenvalue weighted by molar-refractivity contribution is -0.146. The number of nitriles is 1. The van der Waals surface area contributed by atoms with Crippen LogP contribution in [0.4, 0.5) is 5.00 Å². The highest BCUT2D eigenvalue weighted by Gasteiger charge is 2.22. The van der Waals surface area contributed by atoms with Crippen molar-refractivity contribution >= 4 is 39.0 Å². The summed E-state index contributed by atoms with van der Waals surface area (Å²) in [7, 11) is 0. The van der Waals surface area contributed by atoms with E-state index in [-0.39, 0.29) is 12.0 Å². The fraction of sp³-hybridized carbons (Fsp3) is 0.286. The predicted molar refractivity (Wildman–Crippen MR) is 111 cm³/mol. The number of H-pyrrole nitrogens is 1. The summed E-state index contributed by atoms with van der Waals surface area (Å²) in [6.45, 7) is -0.465. The van der Waals surface area contributed by atoms with Crippen LogP contribution in [0.3, 0.4) is 0 Å². The summed E-state index contributed by atoms with van der Waals surface area (Å²) in [4.78, 5) is 37.4. The van der Waals surface area contributed by atoms with Crippen LogP contribution in [0.2, 0.25) is 0 Å². The Morgan fingerprint density at radius 3 is 2.80 bits per heavy atom. The maximum Gasteiger partial charge on any atom is 0.312 e. The first kappa shape index (κ1) is 19.8. The minimum absolute atomic E-state index is 0.179. The summed E-state index contributed by atoms with van der Waals surface area (Å²) in [5.74, 6) is -1.14. The molecule has 3 aromatic rings. The third-order valence-electron chi connectivity index (χ3n) is 4.99. The van der Waals surface area contributed by atoms with E-state index in [9.17, 15) is 19.6 Å². The number of benzene rings is 1. The summed E-state index contributed by atoms with van der Waals surface area (Å²) in [6.07, 6.45) is 3.70. The normalized spacial score (nSPS) is 12.8. The number of amides is 1. The molecule has 1 aliphatic rings. The molecule has 0 saturated carbocycles. The highest BCUT2D eigenvalue weighted by atomic mass is 32.1. The van der Waals surface area contributed by atoms with Crippen LogP contribution in [0.5, 0.6) is 0 Å². The second kappa shape index (κ2) is 8.47. The van der Waals surface area contributed by atoms with Gasteiger partial charge in [0.2, 0.25) is 0 Å². The van der Waals surface area contributed by atoms with Crippen LogP contribution in [-0.4, -0.2) is 28.7 Å². The van der Waals surface area contributed by atoms with Gasteiger partial charge in [-0.25, -0.2) is 5.10 Å². The first-order chi connectivity index (χ1) is 14.6. The number of carbonyl (C=O) groups is 2. The van der Waals surface area contributed by atoms with Crippen molar-refractivity contribution in [2.45, 2.75) is 32.1 Å². The Kier molecular flexibility index (Phi) is 5.59. The number of nitrogens with zero attached hydrogens (tertiary/aromatic N) is 2. The van der Waals surface area contributed by atoms with Crippen LogP contribution >= 0.6 is 11.3 Å². The summed E-state index contributed by atoms with van der Waals surface area (Å²) >= 11 is 1.42. The number of nitrogens with one attached hydrogen (secondary N) is 2. The van der Waals surface area contributed by atoms with E-state index in [0.29, 0.717) is 27.0 Å². The Labute approximate surface area is 175 Å². The van der Waals surface area contributed by atoms with Gasteiger partial charge in [0.25, 0.3) is 11.5 Å². The van der Waals surface area contributed by atoms with Crippen LogP contribution in [0.15, 0.2) is 29.1 Å². The van der Waals surface area contributed by atoms with Crippen molar-refractivity contribution in [2.75, 3.05) is 11.9 Å². The van der Waals surface area contributed by atoms with Crippen molar-refractivity contribution in [1.82, 2.24) is 10.2 Å². The predicted octanol–water partition coefficient (Wildman–Crippen LogP) is 2.46. The van der Waals surface area contributed by atoms with Gasteiger partial charge in [0, 0.05) is 10.3 Å². The van der Waals surface area contributed by atoms with Gasteiger partial charge in [0.05, 0.1) is 23.1 Å². The summed E-state index contributed by atoms with van der Waals surface area (Å²) in [5.41, 5.74) is 1.57. The van der Waals surface area contributed by atoms with Gasteiger partial charge in [-0.15, -0.1) is 11.3 Å². The second-order valence-corrected chi connectivity index (χ2v) is 8.06. The van der Waals surface area contributed by atoms with Gasteiger partial charge in [-0.05, 0) is 37.3 Å². The average Bonchev–Trinajstić information content (AvgIpc) is 3.11. The van der Waals surface area contributed by atoms with Gasteiger partial charge in [-0.2, -0.15) is 10.4 Å². The largest absolute Gasteiger partial charge is 0.455 e. The van der Waals surface area contributed by atoms with E-state index >= 15 is 0 Å². The van der Waals surface area contributed by atoms with Crippen LogP contribution in [0.25, 0.3) is 10.8 Å². The molecule has 2 heterocycles. The number of hydrogen-bond acceptors (Lipinski definition) is 7. The smallest absolute Gasteiger partial charge is 0.312 e. The molecule has 2 N–H and O–H groups in total. The lowest BCUT2D eigenvalue weighted by atomic mass is 9.96. The third-order valence-corrected chi connectivity index (χ3v) is 6.19. The molecule has 2 aromatic heterocycles. The molecule has 0 spiro atoms. The number of anilines is 1. The van der Waals surface area contributed by atoms with Crippen molar-refractivity contribution in [3.63, 3.8) is 0 Å². The van der Waals surface area contributed by atoms with Gasteiger partial charge in [0.15, 0.2) is 6.61 Å². The summed E-state index contributed by atoms with van der Waals surface area (Å²) in [5, 5.41) is 19.9. The van der Waals surface area contributed by atoms with Crippen LogP contribution < -0.4 is 10.9 Å². The van der Waals surface area contributed by atoms with Crippen molar-refractivity contribution < 1.29 is 14.3 Å². The molecule has 30 heavy (non-hydrogen) atoms. The van der Waals surface area contributed by atoms with Crippen LogP contribution in [0.1, 0.15) is 34.5 Å². The molecule has 0 saturated heterocycles. The standard InChI is InChI=1S/C21H18N4O4S/c22-10-15-13-6-3-4-8-17(13)30-21(15)23-18(26)11-29-19(27)9-16-12-5-1-2-7-14(12)20(28)25-24-16/h1-2,5,7H,3-4,6,8-9,11H2,(H,23,26)(H,25,28). The van der Waals surface area contributed by atoms with E-state index in [2.05, 4.69) is 21.6 Å². The topological polar surface area (TPSA) is 125 Å². The van der Waals surface area contributed by atoms with Gasteiger partial charge in [-0.1, -0.05) is 18.2 Å². The molecule has 0 fully saturated rings. The van der Waals surface area contributed by atoms with E-state index in [4.69, 9.17) is 4.74 Å². The maximum absolute atomic E-state index is 12.3. The first-order valence-corrected chi connectivity index (χ1v) is 10.3. The number of esters is 1. The van der Waals surface area contributed by atoms with Gasteiger partial charge in [-0.3, -0.25) is 14.4 Å². The fourth-order valence-electron chi connectivity index (χ4n) is 3.57. The van der Waals surface area contributed by atoms with E-state index in [0.717, 1.165) is 36.1 Å². The molecule has 0 unspecified atom stereocenters. The molecule has 0 atom stereocenters. The number of carbonyl (C=O) groups excluding carboxylic acids is 2. The number of rotatable bonds is 5. The Hall–Kier alpha value is -3.51.